The molecule has 1 aromatic carbocycles. The Hall–Kier alpha value is -3.12. The van der Waals surface area contributed by atoms with E-state index >= 15 is 0 Å². The highest BCUT2D eigenvalue weighted by Gasteiger charge is 1.96. The van der Waals surface area contributed by atoms with Crippen LogP contribution >= 0.6 is 0 Å². The van der Waals surface area contributed by atoms with Crippen molar-refractivity contribution in [1.82, 2.24) is 0 Å². The van der Waals surface area contributed by atoms with Crippen LogP contribution in [0.3, 0.4) is 0 Å². The van der Waals surface area contributed by atoms with Gasteiger partial charge in [-0.15, -0.1) is 0 Å². The van der Waals surface area contributed by atoms with Gasteiger partial charge in [-0.1, -0.05) is 45.0 Å². The van der Waals surface area contributed by atoms with E-state index in [1.54, 1.807) is 36.4 Å². The van der Waals surface area contributed by atoms with Crippen molar-refractivity contribution >= 4 is 11.4 Å². The zero-order chi connectivity index (χ0) is 18.8. The molecule has 0 N–H and O–H groups in total. The van der Waals surface area contributed by atoms with Gasteiger partial charge in [0, 0.05) is 13.2 Å². The lowest BCUT2D eigenvalue weighted by Gasteiger charge is -1.91. The van der Waals surface area contributed by atoms with Crippen LogP contribution in [0, 0.1) is 35.8 Å². The number of nitrogens with zero attached hydrogens (tertiary/aromatic N) is 4. The first-order valence-corrected chi connectivity index (χ1v) is 7.65. The van der Waals surface area contributed by atoms with Gasteiger partial charge >= 0.3 is 0 Å². The molecule has 0 bridgehead atoms. The van der Waals surface area contributed by atoms with Gasteiger partial charge in [-0.25, -0.2) is 20.2 Å². The molecule has 0 radical (unpaired) electrons. The molecular formula is C19H22N4O. The Morgan fingerprint density at radius 3 is 1.50 bits per heavy atom. The second-order valence-corrected chi connectivity index (χ2v) is 3.92. The maximum absolute atomic E-state index is 8.64. The first kappa shape index (κ1) is 23.2. The lowest BCUT2D eigenvalue weighted by molar-refractivity contribution is 0.148. The molecule has 0 saturated heterocycles. The number of benzene rings is 1. The Labute approximate surface area is 144 Å². The van der Waals surface area contributed by atoms with E-state index in [4.69, 9.17) is 28.4 Å². The number of hydrogen-bond acceptors (Lipinski definition) is 3. The van der Waals surface area contributed by atoms with E-state index in [1.807, 2.05) is 20.8 Å². The monoisotopic (exact) mass is 322 g/mol. The third-order valence-corrected chi connectivity index (χ3v) is 2.42. The highest BCUT2D eigenvalue weighted by Crippen LogP contribution is 1.92. The van der Waals surface area contributed by atoms with Crippen molar-refractivity contribution in [1.29, 1.82) is 10.5 Å². The molecule has 0 aliphatic rings. The molecule has 1 aromatic rings. The van der Waals surface area contributed by atoms with Gasteiger partial charge in [-0.05, 0) is 23.8 Å². The van der Waals surface area contributed by atoms with E-state index in [9.17, 15) is 0 Å². The zero-order valence-corrected chi connectivity index (χ0v) is 14.6. The standard InChI is InChI=1S/C12H4N4.C5H12O.C2H6/c1-15-11(7-13)9-3-5-10(6-4-9)12(8-14)16-2;1-3-5-6-4-2;1-2/h3-6H;3-5H2,1-2H3;1-2H3. The minimum atomic E-state index is -0.00660. The second kappa shape index (κ2) is 16.3. The van der Waals surface area contributed by atoms with Crippen molar-refractivity contribution in [3.05, 3.63) is 57.5 Å². The number of nitriles is 2. The molecule has 0 saturated carbocycles. The van der Waals surface area contributed by atoms with Crippen molar-refractivity contribution in [2.75, 3.05) is 13.2 Å². The molecule has 0 unspecified atom stereocenters. The summed E-state index contributed by atoms with van der Waals surface area (Å²) in [6, 6.07) is 9.75. The highest BCUT2D eigenvalue weighted by atomic mass is 16.5. The molecule has 0 aliphatic carbocycles. The average Bonchev–Trinajstić information content (AvgIpc) is 2.65. The van der Waals surface area contributed by atoms with Crippen LogP contribution < -0.4 is 10.4 Å². The molecule has 0 fully saturated rings. The summed E-state index contributed by atoms with van der Waals surface area (Å²) in [4.78, 5) is 6.13. The SMILES string of the molecule is CC.CCCOCC.[C-]#[N+]C(C#N)=c1ccc(=C(C#N)[N+]#[C-])cc1. The summed E-state index contributed by atoms with van der Waals surface area (Å²) in [5.41, 5.74) is -0.0132. The minimum absolute atomic E-state index is 0.00660. The van der Waals surface area contributed by atoms with E-state index in [0.717, 1.165) is 19.6 Å². The van der Waals surface area contributed by atoms with Gasteiger partial charge in [0.05, 0.1) is 25.3 Å². The molecule has 5 nitrogen and oxygen atoms in total. The summed E-state index contributed by atoms with van der Waals surface area (Å²) in [5, 5.41) is 18.3. The smallest absolute Gasteiger partial charge is 0.268 e. The van der Waals surface area contributed by atoms with Crippen molar-refractivity contribution in [3.8, 4) is 12.1 Å². The third-order valence-electron chi connectivity index (χ3n) is 2.42. The molecule has 0 spiro atoms. The summed E-state index contributed by atoms with van der Waals surface area (Å²) in [6.45, 7) is 23.4. The van der Waals surface area contributed by atoms with E-state index in [2.05, 4.69) is 16.6 Å². The number of ether oxygens (including phenoxy) is 1. The topological polar surface area (TPSA) is 65.5 Å². The Morgan fingerprint density at radius 2 is 1.33 bits per heavy atom. The van der Waals surface area contributed by atoms with E-state index in [-0.39, 0.29) is 11.4 Å². The third kappa shape index (κ3) is 9.01. The number of rotatable bonds is 3. The largest absolute Gasteiger partial charge is 0.382 e. The van der Waals surface area contributed by atoms with E-state index in [0.29, 0.717) is 10.4 Å². The lowest BCUT2D eigenvalue weighted by atomic mass is 10.2. The molecule has 0 aliphatic heterocycles. The predicted octanol–water partition coefficient (Wildman–Crippen LogP) is 3.25. The molecule has 124 valence electrons. The summed E-state index contributed by atoms with van der Waals surface area (Å²) in [7, 11) is 0. The Bertz CT molecular complexity index is 646. The summed E-state index contributed by atoms with van der Waals surface area (Å²) < 4.78 is 4.98. The summed E-state index contributed by atoms with van der Waals surface area (Å²) in [5.74, 6) is 0. The fourth-order valence-corrected chi connectivity index (χ4v) is 1.38. The molecule has 0 amide bonds. The van der Waals surface area contributed by atoms with Gasteiger partial charge in [0.2, 0.25) is 0 Å². The summed E-state index contributed by atoms with van der Waals surface area (Å²) >= 11 is 0. The molecular weight excluding hydrogens is 300 g/mol. The maximum Gasteiger partial charge on any atom is 0.268 e. The van der Waals surface area contributed by atoms with Gasteiger partial charge in [0.25, 0.3) is 11.4 Å². The van der Waals surface area contributed by atoms with E-state index < -0.39 is 0 Å². The quantitative estimate of drug-likeness (QED) is 0.634. The van der Waals surface area contributed by atoms with Crippen LogP contribution in [0.25, 0.3) is 21.1 Å². The molecule has 0 atom stereocenters. The molecule has 24 heavy (non-hydrogen) atoms. The zero-order valence-electron chi connectivity index (χ0n) is 14.6. The van der Waals surface area contributed by atoms with Gasteiger partial charge < -0.3 is 4.74 Å². The van der Waals surface area contributed by atoms with Crippen LogP contribution in [0.15, 0.2) is 24.3 Å². The predicted molar refractivity (Wildman–Crippen MR) is 95.1 cm³/mol. The minimum Gasteiger partial charge on any atom is -0.382 e. The fourth-order valence-electron chi connectivity index (χ4n) is 1.38. The first-order valence-electron chi connectivity index (χ1n) is 7.65. The first-order chi connectivity index (χ1) is 11.7. The van der Waals surface area contributed by atoms with Crippen LogP contribution in [0.5, 0.6) is 0 Å². The van der Waals surface area contributed by atoms with Crippen molar-refractivity contribution in [2.45, 2.75) is 34.1 Å². The molecule has 0 aromatic heterocycles. The van der Waals surface area contributed by atoms with Crippen LogP contribution in [-0.2, 0) is 4.74 Å². The van der Waals surface area contributed by atoms with Gasteiger partial charge in [0.15, 0.2) is 0 Å². The van der Waals surface area contributed by atoms with Gasteiger partial charge in [-0.2, -0.15) is 0 Å². The van der Waals surface area contributed by atoms with Gasteiger partial charge in [0.1, 0.15) is 0 Å². The van der Waals surface area contributed by atoms with Crippen LogP contribution in [0.4, 0.5) is 0 Å². The Kier molecular flexibility index (Phi) is 15.7. The maximum atomic E-state index is 8.64. The highest BCUT2D eigenvalue weighted by molar-refractivity contribution is 5.67. The van der Waals surface area contributed by atoms with Crippen molar-refractivity contribution in [2.24, 2.45) is 0 Å². The van der Waals surface area contributed by atoms with Crippen molar-refractivity contribution < 1.29 is 4.74 Å². The second-order valence-electron chi connectivity index (χ2n) is 3.92. The van der Waals surface area contributed by atoms with E-state index in [1.165, 1.54) is 0 Å². The Balaban J connectivity index is 0. The molecule has 5 heteroatoms. The Morgan fingerprint density at radius 1 is 0.958 bits per heavy atom. The fraction of sp³-hybridized carbons (Fsp3) is 0.368. The summed E-state index contributed by atoms with van der Waals surface area (Å²) in [6.07, 6.45) is 1.13. The van der Waals surface area contributed by atoms with Crippen LogP contribution in [-0.4, -0.2) is 13.2 Å². The molecule has 1 rings (SSSR count). The van der Waals surface area contributed by atoms with Gasteiger partial charge in [-0.3, -0.25) is 0 Å². The molecule has 0 heterocycles. The number of hydrogen-bond donors (Lipinski definition) is 0. The normalized spacial score (nSPS) is 7.67. The average molecular weight is 322 g/mol. The van der Waals surface area contributed by atoms with Crippen LogP contribution in [0.1, 0.15) is 34.1 Å². The van der Waals surface area contributed by atoms with Crippen LogP contribution in [0.2, 0.25) is 0 Å². The lowest BCUT2D eigenvalue weighted by Crippen LogP contribution is -2.10. The van der Waals surface area contributed by atoms with Crippen molar-refractivity contribution in [3.63, 3.8) is 0 Å².